The van der Waals surface area contributed by atoms with Crippen LogP contribution in [0.4, 0.5) is 0 Å². The van der Waals surface area contributed by atoms with Crippen LogP contribution in [0.1, 0.15) is 44.6 Å². The van der Waals surface area contributed by atoms with E-state index in [1.54, 1.807) is 0 Å². The number of carbonyl (C=O) groups excluding carboxylic acids is 2. The molecule has 1 saturated carbocycles. The molecular weight excluding hydrogens is 326 g/mol. The fraction of sp³-hybridized carbons (Fsp3) is 0.381. The number of hydrogen-bond donors (Lipinski definition) is 2. The maximum Gasteiger partial charge on any atom is 0.259 e. The van der Waals surface area contributed by atoms with Crippen molar-refractivity contribution in [3.63, 3.8) is 0 Å². The van der Waals surface area contributed by atoms with Gasteiger partial charge in [0.1, 0.15) is 0 Å². The Balaban J connectivity index is 1.52. The van der Waals surface area contributed by atoms with Crippen molar-refractivity contribution in [1.82, 2.24) is 10.7 Å². The summed E-state index contributed by atoms with van der Waals surface area (Å²) in [7, 11) is 0. The molecule has 1 fully saturated rings. The number of nitrogens with one attached hydrogen (secondary N) is 2. The first kappa shape index (κ1) is 18.1. The molecule has 0 spiro atoms. The van der Waals surface area contributed by atoms with Gasteiger partial charge in [0.25, 0.3) is 5.91 Å². The van der Waals surface area contributed by atoms with Crippen LogP contribution in [0.3, 0.4) is 0 Å². The molecule has 2 aromatic rings. The zero-order valence-electron chi connectivity index (χ0n) is 15.1. The van der Waals surface area contributed by atoms with Gasteiger partial charge >= 0.3 is 0 Å². The molecule has 2 aromatic carbocycles. The number of rotatable bonds is 5. The van der Waals surface area contributed by atoms with Gasteiger partial charge in [0.15, 0.2) is 0 Å². The number of amides is 2. The minimum Gasteiger partial charge on any atom is -0.347 e. The Kier molecular flexibility index (Phi) is 6.00. The standard InChI is InChI=1S/C21H25N3O2/c1-15(18-12-11-16-7-5-6-10-19(16)13-18)23-24-20(25)14-22-21(26)17-8-3-2-4-9-17/h5-7,10-13,17H,2-4,8-9,14H2,1H3,(H,22,26)(H,24,25). The van der Waals surface area contributed by atoms with Gasteiger partial charge in [-0.25, -0.2) is 5.43 Å². The molecule has 0 heterocycles. The second kappa shape index (κ2) is 8.61. The average Bonchev–Trinajstić information content (AvgIpc) is 2.70. The Morgan fingerprint density at radius 1 is 1.04 bits per heavy atom. The lowest BCUT2D eigenvalue weighted by molar-refractivity contribution is -0.129. The Labute approximate surface area is 153 Å². The van der Waals surface area contributed by atoms with E-state index in [0.29, 0.717) is 0 Å². The average molecular weight is 351 g/mol. The van der Waals surface area contributed by atoms with E-state index in [-0.39, 0.29) is 24.3 Å². The first-order valence-electron chi connectivity index (χ1n) is 9.23. The van der Waals surface area contributed by atoms with Crippen molar-refractivity contribution < 1.29 is 9.59 Å². The normalized spacial score (nSPS) is 15.7. The summed E-state index contributed by atoms with van der Waals surface area (Å²) in [4.78, 5) is 24.0. The zero-order chi connectivity index (χ0) is 18.4. The van der Waals surface area contributed by atoms with Crippen LogP contribution in [0.15, 0.2) is 47.6 Å². The van der Waals surface area contributed by atoms with Gasteiger partial charge in [0.2, 0.25) is 5.91 Å². The minimum absolute atomic E-state index is 0.0184. The Hall–Kier alpha value is -2.69. The molecule has 2 amide bonds. The Morgan fingerprint density at radius 2 is 1.77 bits per heavy atom. The molecule has 2 N–H and O–H groups in total. The number of carbonyl (C=O) groups is 2. The molecule has 1 aliphatic rings. The molecule has 0 saturated heterocycles. The van der Waals surface area contributed by atoms with Crippen molar-refractivity contribution in [2.45, 2.75) is 39.0 Å². The van der Waals surface area contributed by atoms with Crippen molar-refractivity contribution in [2.24, 2.45) is 11.0 Å². The van der Waals surface area contributed by atoms with Crippen molar-refractivity contribution in [1.29, 1.82) is 0 Å². The first-order valence-corrected chi connectivity index (χ1v) is 9.23. The fourth-order valence-corrected chi connectivity index (χ4v) is 3.34. The lowest BCUT2D eigenvalue weighted by Gasteiger charge is -2.20. The molecular formula is C21H25N3O2. The summed E-state index contributed by atoms with van der Waals surface area (Å²) in [5.41, 5.74) is 4.20. The number of hydrogen-bond acceptors (Lipinski definition) is 3. The van der Waals surface area contributed by atoms with Gasteiger partial charge in [-0.2, -0.15) is 5.10 Å². The lowest BCUT2D eigenvalue weighted by atomic mass is 9.89. The van der Waals surface area contributed by atoms with E-state index in [1.807, 2.05) is 43.3 Å². The van der Waals surface area contributed by atoms with E-state index in [0.717, 1.165) is 42.3 Å². The summed E-state index contributed by atoms with van der Waals surface area (Å²) in [6, 6.07) is 14.2. The van der Waals surface area contributed by atoms with Crippen LogP contribution in [0, 0.1) is 5.92 Å². The highest BCUT2D eigenvalue weighted by Crippen LogP contribution is 2.23. The highest BCUT2D eigenvalue weighted by molar-refractivity contribution is 6.02. The third-order valence-electron chi connectivity index (χ3n) is 4.91. The molecule has 26 heavy (non-hydrogen) atoms. The van der Waals surface area contributed by atoms with Crippen LogP contribution >= 0.6 is 0 Å². The molecule has 3 rings (SSSR count). The van der Waals surface area contributed by atoms with E-state index in [9.17, 15) is 9.59 Å². The molecule has 136 valence electrons. The minimum atomic E-state index is -0.311. The summed E-state index contributed by atoms with van der Waals surface area (Å²) in [5, 5.41) is 9.17. The van der Waals surface area contributed by atoms with Crippen LogP contribution in [0.25, 0.3) is 10.8 Å². The van der Waals surface area contributed by atoms with E-state index in [4.69, 9.17) is 0 Å². The smallest absolute Gasteiger partial charge is 0.259 e. The summed E-state index contributed by atoms with van der Waals surface area (Å²) in [5.74, 6) is -0.274. The highest BCUT2D eigenvalue weighted by atomic mass is 16.2. The molecule has 0 aliphatic heterocycles. The quantitative estimate of drug-likeness (QED) is 0.640. The van der Waals surface area contributed by atoms with Gasteiger partial charge in [0.05, 0.1) is 12.3 Å². The maximum absolute atomic E-state index is 12.1. The molecule has 0 aromatic heterocycles. The monoisotopic (exact) mass is 351 g/mol. The van der Waals surface area contributed by atoms with E-state index < -0.39 is 0 Å². The van der Waals surface area contributed by atoms with Crippen LogP contribution in [0.5, 0.6) is 0 Å². The third kappa shape index (κ3) is 4.69. The van der Waals surface area contributed by atoms with E-state index in [2.05, 4.69) is 21.9 Å². The number of fused-ring (bicyclic) bond motifs is 1. The fourth-order valence-electron chi connectivity index (χ4n) is 3.34. The van der Waals surface area contributed by atoms with Crippen molar-refractivity contribution in [2.75, 3.05) is 6.54 Å². The third-order valence-corrected chi connectivity index (χ3v) is 4.91. The molecule has 0 radical (unpaired) electrons. The van der Waals surface area contributed by atoms with Crippen molar-refractivity contribution in [3.05, 3.63) is 48.0 Å². The number of nitrogens with zero attached hydrogens (tertiary/aromatic N) is 1. The summed E-state index contributed by atoms with van der Waals surface area (Å²) < 4.78 is 0. The first-order chi connectivity index (χ1) is 12.6. The van der Waals surface area contributed by atoms with Gasteiger partial charge in [-0.3, -0.25) is 9.59 Å². The lowest BCUT2D eigenvalue weighted by Crippen LogP contribution is -2.39. The molecule has 5 nitrogen and oxygen atoms in total. The highest BCUT2D eigenvalue weighted by Gasteiger charge is 2.21. The second-order valence-corrected chi connectivity index (χ2v) is 6.85. The summed E-state index contributed by atoms with van der Waals surface area (Å²) in [6.45, 7) is 1.81. The maximum atomic E-state index is 12.1. The second-order valence-electron chi connectivity index (χ2n) is 6.85. The zero-order valence-corrected chi connectivity index (χ0v) is 15.1. The summed E-state index contributed by atoms with van der Waals surface area (Å²) >= 11 is 0. The van der Waals surface area contributed by atoms with Gasteiger partial charge in [-0.05, 0) is 42.2 Å². The van der Waals surface area contributed by atoms with Crippen LogP contribution in [-0.4, -0.2) is 24.1 Å². The van der Waals surface area contributed by atoms with E-state index >= 15 is 0 Å². The molecule has 0 atom stereocenters. The van der Waals surface area contributed by atoms with Gasteiger partial charge in [0, 0.05) is 5.92 Å². The number of benzene rings is 2. The van der Waals surface area contributed by atoms with Crippen LogP contribution in [-0.2, 0) is 9.59 Å². The summed E-state index contributed by atoms with van der Waals surface area (Å²) in [6.07, 6.45) is 5.24. The van der Waals surface area contributed by atoms with Crippen LogP contribution < -0.4 is 10.7 Å². The number of hydrazone groups is 1. The molecule has 1 aliphatic carbocycles. The predicted octanol–water partition coefficient (Wildman–Crippen LogP) is 3.38. The Bertz CT molecular complexity index is 823. The van der Waals surface area contributed by atoms with Gasteiger partial charge in [-0.1, -0.05) is 55.7 Å². The largest absolute Gasteiger partial charge is 0.347 e. The topological polar surface area (TPSA) is 70.6 Å². The van der Waals surface area contributed by atoms with E-state index in [1.165, 1.54) is 11.8 Å². The van der Waals surface area contributed by atoms with Gasteiger partial charge < -0.3 is 5.32 Å². The van der Waals surface area contributed by atoms with Gasteiger partial charge in [-0.15, -0.1) is 0 Å². The van der Waals surface area contributed by atoms with Crippen molar-refractivity contribution >= 4 is 28.3 Å². The van der Waals surface area contributed by atoms with Crippen LogP contribution in [0.2, 0.25) is 0 Å². The molecule has 0 bridgehead atoms. The van der Waals surface area contributed by atoms with Crippen molar-refractivity contribution in [3.8, 4) is 0 Å². The SMILES string of the molecule is CC(=NNC(=O)CNC(=O)C1CCCCC1)c1ccc2ccccc2c1. The Morgan fingerprint density at radius 3 is 2.54 bits per heavy atom. The molecule has 5 heteroatoms. The predicted molar refractivity (Wildman–Crippen MR) is 104 cm³/mol. The molecule has 0 unspecified atom stereocenters.